The molecule has 0 saturated carbocycles. The summed E-state index contributed by atoms with van der Waals surface area (Å²) in [5, 5.41) is 11.2. The zero-order valence-corrected chi connectivity index (χ0v) is 20.4. The molecular formula is C24H40O5Si. The summed E-state index contributed by atoms with van der Waals surface area (Å²) in [7, 11) is -2.23. The quantitative estimate of drug-likeness (QED) is 0.388. The molecule has 1 heterocycles. The smallest absolute Gasteiger partial charge is 0.201 e. The molecule has 30 heavy (non-hydrogen) atoms. The Labute approximate surface area is 183 Å². The fraction of sp³-hybridized carbons (Fsp3) is 0.667. The first kappa shape index (κ1) is 25.2. The maximum absolute atomic E-state index is 11.2. The summed E-state index contributed by atoms with van der Waals surface area (Å²) in [5.74, 6) is 0. The number of hydrogen-bond donors (Lipinski definition) is 1. The van der Waals surface area contributed by atoms with E-state index < -0.39 is 26.8 Å². The Morgan fingerprint density at radius 1 is 1.07 bits per heavy atom. The van der Waals surface area contributed by atoms with E-state index in [2.05, 4.69) is 48.1 Å². The monoisotopic (exact) mass is 436 g/mol. The predicted molar refractivity (Wildman–Crippen MR) is 123 cm³/mol. The molecule has 0 spiro atoms. The van der Waals surface area contributed by atoms with Gasteiger partial charge in [0.25, 0.3) is 0 Å². The van der Waals surface area contributed by atoms with Gasteiger partial charge in [-0.15, -0.1) is 6.58 Å². The van der Waals surface area contributed by atoms with Crippen molar-refractivity contribution in [2.75, 3.05) is 13.2 Å². The van der Waals surface area contributed by atoms with E-state index in [9.17, 15) is 5.11 Å². The Kier molecular flexibility index (Phi) is 9.72. The lowest BCUT2D eigenvalue weighted by molar-refractivity contribution is -0.276. The Morgan fingerprint density at radius 2 is 1.67 bits per heavy atom. The third kappa shape index (κ3) is 5.81. The molecule has 5 nitrogen and oxygen atoms in total. The molecule has 0 bridgehead atoms. The zero-order chi connectivity index (χ0) is 22.3. The Morgan fingerprint density at radius 3 is 2.20 bits per heavy atom. The molecule has 4 atom stereocenters. The molecule has 1 saturated heterocycles. The van der Waals surface area contributed by atoms with Gasteiger partial charge in [-0.25, -0.2) is 0 Å². The Bertz CT molecular complexity index is 612. The maximum Gasteiger partial charge on any atom is 0.201 e. The minimum atomic E-state index is -2.23. The molecule has 0 unspecified atom stereocenters. The highest BCUT2D eigenvalue weighted by Crippen LogP contribution is 2.44. The summed E-state index contributed by atoms with van der Waals surface area (Å²) in [6, 6.07) is 9.89. The molecule has 0 radical (unpaired) electrons. The van der Waals surface area contributed by atoms with Gasteiger partial charge in [0, 0.05) is 0 Å². The molecule has 0 amide bonds. The molecule has 170 valence electrons. The molecule has 0 aliphatic carbocycles. The van der Waals surface area contributed by atoms with Crippen LogP contribution in [0.15, 0.2) is 43.0 Å². The van der Waals surface area contributed by atoms with Crippen LogP contribution in [0.3, 0.4) is 0 Å². The van der Waals surface area contributed by atoms with Gasteiger partial charge in [0.15, 0.2) is 6.29 Å². The highest BCUT2D eigenvalue weighted by Gasteiger charge is 2.51. The van der Waals surface area contributed by atoms with E-state index in [1.807, 2.05) is 30.3 Å². The normalized spacial score (nSPS) is 25.3. The van der Waals surface area contributed by atoms with Crippen LogP contribution in [0.1, 0.15) is 47.1 Å². The number of hydrogen-bond acceptors (Lipinski definition) is 5. The van der Waals surface area contributed by atoms with E-state index >= 15 is 0 Å². The van der Waals surface area contributed by atoms with Gasteiger partial charge in [0.05, 0.1) is 19.8 Å². The van der Waals surface area contributed by atoms with Crippen molar-refractivity contribution in [3.8, 4) is 0 Å². The van der Waals surface area contributed by atoms with Gasteiger partial charge in [-0.3, -0.25) is 0 Å². The van der Waals surface area contributed by atoms with Crippen LogP contribution in [0.5, 0.6) is 0 Å². The van der Waals surface area contributed by atoms with E-state index in [0.717, 1.165) is 5.56 Å². The lowest BCUT2D eigenvalue weighted by atomic mass is 10.1. The van der Waals surface area contributed by atoms with Gasteiger partial charge >= 0.3 is 0 Å². The highest BCUT2D eigenvalue weighted by molar-refractivity contribution is 6.77. The molecular weight excluding hydrogens is 396 g/mol. The SMILES string of the molecule is C=CCO[C@@H]1CO[C@@H](OCc2ccccc2)[C@@H](O)[C@H]1O[Si](C(C)C)(C(C)C)C(C)C. The summed E-state index contributed by atoms with van der Waals surface area (Å²) < 4.78 is 24.7. The van der Waals surface area contributed by atoms with Gasteiger partial charge in [0.2, 0.25) is 8.32 Å². The van der Waals surface area contributed by atoms with Gasteiger partial charge in [-0.05, 0) is 22.2 Å². The van der Waals surface area contributed by atoms with Crippen molar-refractivity contribution in [1.29, 1.82) is 0 Å². The number of aliphatic hydroxyl groups excluding tert-OH is 1. The van der Waals surface area contributed by atoms with E-state index in [1.54, 1.807) is 6.08 Å². The van der Waals surface area contributed by atoms with Crippen LogP contribution < -0.4 is 0 Å². The van der Waals surface area contributed by atoms with E-state index in [-0.39, 0.29) is 6.10 Å². The molecule has 0 aromatic heterocycles. The van der Waals surface area contributed by atoms with Gasteiger partial charge in [-0.1, -0.05) is 78.0 Å². The van der Waals surface area contributed by atoms with E-state index in [1.165, 1.54) is 0 Å². The maximum atomic E-state index is 11.2. The number of ether oxygens (including phenoxy) is 3. The van der Waals surface area contributed by atoms with Crippen LogP contribution in [0.4, 0.5) is 0 Å². The number of rotatable bonds is 11. The summed E-state index contributed by atoms with van der Waals surface area (Å²) in [6.07, 6.45) is -0.840. The van der Waals surface area contributed by atoms with Crippen molar-refractivity contribution in [2.24, 2.45) is 0 Å². The van der Waals surface area contributed by atoms with E-state index in [0.29, 0.717) is 36.4 Å². The van der Waals surface area contributed by atoms with Crippen LogP contribution in [-0.4, -0.2) is 51.2 Å². The molecule has 1 aromatic rings. The van der Waals surface area contributed by atoms with Gasteiger partial charge in [-0.2, -0.15) is 0 Å². The fourth-order valence-corrected chi connectivity index (χ4v) is 10.4. The van der Waals surface area contributed by atoms with Crippen molar-refractivity contribution in [2.45, 2.75) is 89.4 Å². The van der Waals surface area contributed by atoms with Crippen LogP contribution >= 0.6 is 0 Å². The van der Waals surface area contributed by atoms with Crippen molar-refractivity contribution in [3.05, 3.63) is 48.6 Å². The molecule has 1 aromatic carbocycles. The Balaban J connectivity index is 2.23. The first-order valence-corrected chi connectivity index (χ1v) is 13.2. The predicted octanol–water partition coefficient (Wildman–Crippen LogP) is 5.05. The van der Waals surface area contributed by atoms with Crippen LogP contribution in [0.2, 0.25) is 16.6 Å². The molecule has 1 aliphatic heterocycles. The topological polar surface area (TPSA) is 57.2 Å². The average molecular weight is 437 g/mol. The van der Waals surface area contributed by atoms with Crippen molar-refractivity contribution < 1.29 is 23.7 Å². The van der Waals surface area contributed by atoms with Gasteiger partial charge in [0.1, 0.15) is 18.3 Å². The summed E-state index contributed by atoms with van der Waals surface area (Å²) in [6.45, 7) is 18.2. The lowest BCUT2D eigenvalue weighted by Gasteiger charge is -2.49. The van der Waals surface area contributed by atoms with Crippen molar-refractivity contribution in [3.63, 3.8) is 0 Å². The first-order chi connectivity index (χ1) is 14.2. The molecule has 1 fully saturated rings. The third-order valence-corrected chi connectivity index (χ3v) is 12.2. The van der Waals surface area contributed by atoms with E-state index in [4.69, 9.17) is 18.6 Å². The first-order valence-electron chi connectivity index (χ1n) is 11.1. The second kappa shape index (κ2) is 11.6. The summed E-state index contributed by atoms with van der Waals surface area (Å²) in [4.78, 5) is 0. The van der Waals surface area contributed by atoms with Crippen LogP contribution in [0, 0.1) is 0 Å². The van der Waals surface area contributed by atoms with Crippen molar-refractivity contribution in [1.82, 2.24) is 0 Å². The standard InChI is InChI=1S/C24H40O5Si/c1-8-14-26-21-16-28-24(27-15-20-12-10-9-11-13-20)22(25)23(21)29-30(17(2)3,18(4)5)19(6)7/h8-13,17-19,21-25H,1,14-16H2,2-7H3/t21-,22+,23+,24-/m1/s1. The molecule has 1 aliphatic rings. The summed E-state index contributed by atoms with van der Waals surface area (Å²) in [5.41, 5.74) is 2.23. The van der Waals surface area contributed by atoms with Gasteiger partial charge < -0.3 is 23.7 Å². The second-order valence-corrected chi connectivity index (χ2v) is 14.5. The Hall–Kier alpha value is -1.02. The summed E-state index contributed by atoms with van der Waals surface area (Å²) >= 11 is 0. The highest BCUT2D eigenvalue weighted by atomic mass is 28.4. The molecule has 6 heteroatoms. The fourth-order valence-electron chi connectivity index (χ4n) is 4.78. The third-order valence-electron chi connectivity index (χ3n) is 6.14. The largest absolute Gasteiger partial charge is 0.408 e. The molecule has 1 N–H and O–H groups in total. The lowest BCUT2D eigenvalue weighted by Crippen LogP contribution is -2.61. The van der Waals surface area contributed by atoms with Crippen LogP contribution in [-0.2, 0) is 25.2 Å². The zero-order valence-electron chi connectivity index (χ0n) is 19.4. The second-order valence-electron chi connectivity index (χ2n) is 9.05. The minimum Gasteiger partial charge on any atom is -0.408 e. The van der Waals surface area contributed by atoms with Crippen LogP contribution in [0.25, 0.3) is 0 Å². The molecule has 2 rings (SSSR count). The average Bonchev–Trinajstić information content (AvgIpc) is 2.70. The number of aliphatic hydroxyl groups is 1. The number of benzene rings is 1. The minimum absolute atomic E-state index is 0.313. The van der Waals surface area contributed by atoms with Crippen molar-refractivity contribution >= 4 is 8.32 Å².